The summed E-state index contributed by atoms with van der Waals surface area (Å²) in [6.07, 6.45) is 2.41. The first-order valence-corrected chi connectivity index (χ1v) is 12.1. The molecule has 0 saturated carbocycles. The SMILES string of the molecule is C[Si](C)(C)c1onc(-c2ccc(Cl)cc2Cl)c1C(O)c1cccnc1. The number of aromatic nitrogens is 2. The Labute approximate surface area is 157 Å². The maximum Gasteiger partial charge on any atom is 0.127 e. The Morgan fingerprint density at radius 3 is 2.52 bits per heavy atom. The molecule has 1 atom stereocenters. The van der Waals surface area contributed by atoms with E-state index in [1.54, 1.807) is 36.7 Å². The summed E-state index contributed by atoms with van der Waals surface area (Å²) < 4.78 is 5.68. The van der Waals surface area contributed by atoms with Gasteiger partial charge < -0.3 is 9.63 Å². The lowest BCUT2D eigenvalue weighted by Crippen LogP contribution is -2.39. The van der Waals surface area contributed by atoms with Crippen molar-refractivity contribution in [1.82, 2.24) is 10.1 Å². The van der Waals surface area contributed by atoms with Gasteiger partial charge in [0.1, 0.15) is 25.3 Å². The number of pyridine rings is 1. The standard InChI is InChI=1S/C18H18Cl2N2O2Si/c1-25(2,3)18-15(17(23)11-5-4-8-21-10-11)16(22-24-18)13-7-6-12(19)9-14(13)20/h4-10,17,23H,1-3H3. The molecule has 3 rings (SSSR count). The lowest BCUT2D eigenvalue weighted by molar-refractivity contribution is 0.221. The first kappa shape index (κ1) is 18.1. The number of aliphatic hydroxyl groups is 1. The molecule has 0 spiro atoms. The summed E-state index contributed by atoms with van der Waals surface area (Å²) in [7, 11) is -1.89. The van der Waals surface area contributed by atoms with Crippen LogP contribution < -0.4 is 5.38 Å². The Morgan fingerprint density at radius 1 is 1.16 bits per heavy atom. The molecule has 0 aliphatic rings. The summed E-state index contributed by atoms with van der Waals surface area (Å²) >= 11 is 12.4. The number of hydrogen-bond donors (Lipinski definition) is 1. The van der Waals surface area contributed by atoms with Crippen LogP contribution in [0.25, 0.3) is 11.3 Å². The van der Waals surface area contributed by atoms with Gasteiger partial charge in [0.15, 0.2) is 0 Å². The quantitative estimate of drug-likeness (QED) is 0.655. The van der Waals surface area contributed by atoms with Crippen molar-refractivity contribution in [2.24, 2.45) is 0 Å². The van der Waals surface area contributed by atoms with Crippen molar-refractivity contribution in [2.45, 2.75) is 25.7 Å². The van der Waals surface area contributed by atoms with Gasteiger partial charge in [0.05, 0.1) is 10.6 Å². The molecule has 0 amide bonds. The first-order valence-electron chi connectivity index (χ1n) is 7.82. The highest BCUT2D eigenvalue weighted by atomic mass is 35.5. The number of nitrogens with zero attached hydrogens (tertiary/aromatic N) is 2. The second kappa shape index (κ2) is 6.92. The third-order valence-corrected chi connectivity index (χ3v) is 6.14. The highest BCUT2D eigenvalue weighted by Gasteiger charge is 2.33. The van der Waals surface area contributed by atoms with Gasteiger partial charge in [-0.25, -0.2) is 0 Å². The van der Waals surface area contributed by atoms with Crippen molar-refractivity contribution in [1.29, 1.82) is 0 Å². The maximum absolute atomic E-state index is 11.0. The molecule has 1 N–H and O–H groups in total. The molecule has 4 nitrogen and oxygen atoms in total. The number of halogens is 2. The molecule has 7 heteroatoms. The van der Waals surface area contributed by atoms with Gasteiger partial charge >= 0.3 is 0 Å². The van der Waals surface area contributed by atoms with Gasteiger partial charge in [-0.2, -0.15) is 0 Å². The molecule has 0 radical (unpaired) electrons. The topological polar surface area (TPSA) is 59.2 Å². The van der Waals surface area contributed by atoms with Gasteiger partial charge in [0.2, 0.25) is 0 Å². The predicted molar refractivity (Wildman–Crippen MR) is 103 cm³/mol. The Hall–Kier alpha value is -1.66. The van der Waals surface area contributed by atoms with Crippen LogP contribution in [0.2, 0.25) is 29.7 Å². The van der Waals surface area contributed by atoms with E-state index in [0.717, 1.165) is 5.38 Å². The molecular weight excluding hydrogens is 375 g/mol. The molecule has 25 heavy (non-hydrogen) atoms. The predicted octanol–water partition coefficient (Wildman–Crippen LogP) is 4.67. The fraction of sp³-hybridized carbons (Fsp3) is 0.222. The van der Waals surface area contributed by atoms with Gasteiger partial charge in [0.25, 0.3) is 0 Å². The highest BCUT2D eigenvalue weighted by Crippen LogP contribution is 2.36. The Balaban J connectivity index is 2.22. The first-order chi connectivity index (χ1) is 11.8. The van der Waals surface area contributed by atoms with Gasteiger partial charge in [-0.3, -0.25) is 4.98 Å². The Morgan fingerprint density at radius 2 is 1.92 bits per heavy atom. The van der Waals surface area contributed by atoms with Crippen LogP contribution >= 0.6 is 23.2 Å². The zero-order chi connectivity index (χ0) is 18.2. The summed E-state index contributed by atoms with van der Waals surface area (Å²) in [5.41, 5.74) is 2.54. The van der Waals surface area contributed by atoms with Crippen LogP contribution in [0.15, 0.2) is 47.2 Å². The molecule has 1 aromatic carbocycles. The van der Waals surface area contributed by atoms with Crippen LogP contribution in [0, 0.1) is 0 Å². The monoisotopic (exact) mass is 392 g/mol. The molecule has 1 unspecified atom stereocenters. The molecule has 130 valence electrons. The number of benzene rings is 1. The van der Waals surface area contributed by atoms with Crippen molar-refractivity contribution >= 4 is 36.7 Å². The molecule has 0 saturated heterocycles. The average molecular weight is 393 g/mol. The van der Waals surface area contributed by atoms with Crippen molar-refractivity contribution in [2.75, 3.05) is 0 Å². The van der Waals surface area contributed by atoms with Crippen LogP contribution in [-0.2, 0) is 0 Å². The fourth-order valence-corrected chi connectivity index (χ4v) is 4.55. The zero-order valence-corrected chi connectivity index (χ0v) is 16.6. The summed E-state index contributed by atoms with van der Waals surface area (Å²) in [4.78, 5) is 4.10. The van der Waals surface area contributed by atoms with Crippen LogP contribution in [0.5, 0.6) is 0 Å². The normalized spacial score (nSPS) is 13.0. The van der Waals surface area contributed by atoms with Gasteiger partial charge in [0, 0.05) is 28.5 Å². The van der Waals surface area contributed by atoms with E-state index in [1.165, 1.54) is 0 Å². The maximum atomic E-state index is 11.0. The van der Waals surface area contributed by atoms with E-state index in [-0.39, 0.29) is 0 Å². The summed E-state index contributed by atoms with van der Waals surface area (Å²) in [5, 5.41) is 17.0. The number of rotatable bonds is 4. The van der Waals surface area contributed by atoms with E-state index in [0.29, 0.717) is 32.4 Å². The number of hydrogen-bond acceptors (Lipinski definition) is 4. The molecule has 3 aromatic rings. The molecule has 2 aromatic heterocycles. The second-order valence-corrected chi connectivity index (χ2v) is 12.6. The largest absolute Gasteiger partial charge is 0.383 e. The fourth-order valence-electron chi connectivity index (χ4n) is 2.67. The Bertz CT molecular complexity index is 892. The molecule has 0 aliphatic carbocycles. The minimum absolute atomic E-state index is 0.461. The molecular formula is C18H18Cl2N2O2Si. The zero-order valence-electron chi connectivity index (χ0n) is 14.1. The third kappa shape index (κ3) is 3.65. The van der Waals surface area contributed by atoms with Crippen molar-refractivity contribution in [3.05, 3.63) is 63.9 Å². The van der Waals surface area contributed by atoms with Crippen LogP contribution in [0.3, 0.4) is 0 Å². The van der Waals surface area contributed by atoms with Crippen molar-refractivity contribution in [3.63, 3.8) is 0 Å². The Kier molecular flexibility index (Phi) is 5.02. The van der Waals surface area contributed by atoms with E-state index in [2.05, 4.69) is 29.8 Å². The minimum atomic E-state index is -1.89. The van der Waals surface area contributed by atoms with Gasteiger partial charge in [-0.1, -0.05) is 54.1 Å². The summed E-state index contributed by atoms with van der Waals surface area (Å²) in [5.74, 6) is 0. The molecule has 0 bridgehead atoms. The van der Waals surface area contributed by atoms with Crippen LogP contribution in [0.4, 0.5) is 0 Å². The summed E-state index contributed by atoms with van der Waals surface area (Å²) in [6.45, 7) is 6.42. The highest BCUT2D eigenvalue weighted by molar-refractivity contribution is 6.88. The van der Waals surface area contributed by atoms with Gasteiger partial charge in [-0.15, -0.1) is 0 Å². The van der Waals surface area contributed by atoms with Crippen molar-refractivity contribution in [3.8, 4) is 11.3 Å². The molecule has 2 heterocycles. The number of aliphatic hydroxyl groups excluding tert-OH is 1. The molecule has 0 fully saturated rings. The van der Waals surface area contributed by atoms with Crippen molar-refractivity contribution < 1.29 is 9.63 Å². The second-order valence-electron chi connectivity index (χ2n) is 6.84. The van der Waals surface area contributed by atoms with E-state index in [4.69, 9.17) is 27.7 Å². The van der Waals surface area contributed by atoms with E-state index in [9.17, 15) is 5.11 Å². The van der Waals surface area contributed by atoms with E-state index >= 15 is 0 Å². The van der Waals surface area contributed by atoms with Gasteiger partial charge in [-0.05, 0) is 24.3 Å². The lowest BCUT2D eigenvalue weighted by atomic mass is 10.00. The van der Waals surface area contributed by atoms with Crippen LogP contribution in [0.1, 0.15) is 17.2 Å². The van der Waals surface area contributed by atoms with E-state index < -0.39 is 14.2 Å². The third-order valence-electron chi connectivity index (χ3n) is 3.87. The van der Waals surface area contributed by atoms with Crippen LogP contribution in [-0.4, -0.2) is 23.3 Å². The summed E-state index contributed by atoms with van der Waals surface area (Å²) in [6, 6.07) is 8.80. The lowest BCUT2D eigenvalue weighted by Gasteiger charge is -2.18. The minimum Gasteiger partial charge on any atom is -0.383 e. The smallest absolute Gasteiger partial charge is 0.127 e. The average Bonchev–Trinajstić information content (AvgIpc) is 3.00. The van der Waals surface area contributed by atoms with E-state index in [1.807, 2.05) is 6.07 Å². The molecule has 0 aliphatic heterocycles.